The number of nitrogens with zero attached hydrogens (tertiary/aromatic N) is 4. The Kier molecular flexibility index (Phi) is 3.76. The van der Waals surface area contributed by atoms with Crippen LogP contribution in [0.25, 0.3) is 39.4 Å². The Morgan fingerprint density at radius 3 is 2.18 bits per heavy atom. The molecular weight excluding hydrogens is 355 g/mol. The minimum Gasteiger partial charge on any atom is -0.497 e. The first-order valence-electron chi connectivity index (χ1n) is 8.79. The predicted molar refractivity (Wildman–Crippen MR) is 106 cm³/mol. The number of ether oxygens (including phenoxy) is 1. The van der Waals surface area contributed by atoms with E-state index in [1.165, 1.54) is 6.07 Å². The van der Waals surface area contributed by atoms with Gasteiger partial charge in [-0.05, 0) is 48.5 Å². The zero-order valence-corrected chi connectivity index (χ0v) is 15.0. The lowest BCUT2D eigenvalue weighted by molar-refractivity contribution is 0.415. The smallest absolute Gasteiger partial charge is 0.199 e. The van der Waals surface area contributed by atoms with E-state index >= 15 is 0 Å². The third-order valence-corrected chi connectivity index (χ3v) is 4.61. The Labute approximate surface area is 160 Å². The highest BCUT2D eigenvalue weighted by Crippen LogP contribution is 2.30. The number of rotatable bonds is 3. The Morgan fingerprint density at radius 1 is 0.786 bits per heavy atom. The third-order valence-electron chi connectivity index (χ3n) is 4.61. The van der Waals surface area contributed by atoms with Gasteiger partial charge in [-0.1, -0.05) is 24.3 Å². The van der Waals surface area contributed by atoms with E-state index in [1.807, 2.05) is 48.5 Å². The van der Waals surface area contributed by atoms with Crippen LogP contribution in [0, 0.1) is 5.82 Å². The van der Waals surface area contributed by atoms with Gasteiger partial charge in [-0.15, -0.1) is 0 Å². The Hall–Kier alpha value is -3.80. The van der Waals surface area contributed by atoms with Gasteiger partial charge in [-0.25, -0.2) is 19.3 Å². The summed E-state index contributed by atoms with van der Waals surface area (Å²) >= 11 is 0. The Morgan fingerprint density at radius 2 is 1.46 bits per heavy atom. The topological polar surface area (TPSA) is 52.8 Å². The highest BCUT2D eigenvalue weighted by molar-refractivity contribution is 5.86. The maximum absolute atomic E-state index is 14.7. The SMILES string of the molecule is COc1ccc(-c2nc3nc4ccccc4nc3n2-c2ccccc2F)cc1. The molecule has 0 fully saturated rings. The molecule has 28 heavy (non-hydrogen) atoms. The van der Waals surface area contributed by atoms with Crippen molar-refractivity contribution < 1.29 is 9.13 Å². The molecule has 0 N–H and O–H groups in total. The number of hydrogen-bond acceptors (Lipinski definition) is 4. The number of fused-ring (bicyclic) bond motifs is 2. The summed E-state index contributed by atoms with van der Waals surface area (Å²) < 4.78 is 21.6. The van der Waals surface area contributed by atoms with Gasteiger partial charge < -0.3 is 4.74 Å². The van der Waals surface area contributed by atoms with Crippen LogP contribution in [0.5, 0.6) is 5.75 Å². The summed E-state index contributed by atoms with van der Waals surface area (Å²) in [6.07, 6.45) is 0. The number of hydrogen-bond donors (Lipinski definition) is 0. The largest absolute Gasteiger partial charge is 0.497 e. The lowest BCUT2D eigenvalue weighted by Crippen LogP contribution is -2.01. The molecule has 5 rings (SSSR count). The fourth-order valence-electron chi connectivity index (χ4n) is 3.25. The molecule has 0 aliphatic rings. The number of benzene rings is 3. The molecule has 5 aromatic rings. The summed E-state index contributed by atoms with van der Waals surface area (Å²) in [6.45, 7) is 0. The van der Waals surface area contributed by atoms with Gasteiger partial charge in [0.25, 0.3) is 0 Å². The second-order valence-electron chi connectivity index (χ2n) is 6.31. The molecule has 2 aromatic heterocycles. The first kappa shape index (κ1) is 16.4. The van der Waals surface area contributed by atoms with Gasteiger partial charge in [0.15, 0.2) is 11.3 Å². The van der Waals surface area contributed by atoms with Gasteiger partial charge in [-0.3, -0.25) is 4.57 Å². The molecule has 6 heteroatoms. The van der Waals surface area contributed by atoms with Crippen molar-refractivity contribution in [2.24, 2.45) is 0 Å². The second-order valence-corrected chi connectivity index (χ2v) is 6.31. The van der Waals surface area contributed by atoms with E-state index in [-0.39, 0.29) is 5.82 Å². The fourth-order valence-corrected chi connectivity index (χ4v) is 3.25. The van der Waals surface area contributed by atoms with Crippen LogP contribution in [0.15, 0.2) is 72.8 Å². The average molecular weight is 370 g/mol. The summed E-state index contributed by atoms with van der Waals surface area (Å²) in [7, 11) is 1.61. The molecule has 5 nitrogen and oxygen atoms in total. The van der Waals surface area contributed by atoms with Gasteiger partial charge in [0.1, 0.15) is 17.4 Å². The molecule has 0 amide bonds. The fraction of sp³-hybridized carbons (Fsp3) is 0.0455. The van der Waals surface area contributed by atoms with Crippen LogP contribution in [0.4, 0.5) is 4.39 Å². The van der Waals surface area contributed by atoms with Crippen LogP contribution in [0.1, 0.15) is 0 Å². The normalized spacial score (nSPS) is 11.2. The van der Waals surface area contributed by atoms with Crippen molar-refractivity contribution in [3.05, 3.63) is 78.6 Å². The molecule has 136 valence electrons. The Bertz CT molecular complexity index is 1310. The summed E-state index contributed by atoms with van der Waals surface area (Å²) in [5.74, 6) is 0.948. The maximum atomic E-state index is 14.7. The van der Waals surface area contributed by atoms with Crippen molar-refractivity contribution >= 4 is 22.3 Å². The van der Waals surface area contributed by atoms with E-state index in [4.69, 9.17) is 9.72 Å². The summed E-state index contributed by atoms with van der Waals surface area (Å²) in [4.78, 5) is 14.0. The van der Waals surface area contributed by atoms with E-state index < -0.39 is 0 Å². The summed E-state index contributed by atoms with van der Waals surface area (Å²) in [6, 6.07) is 21.6. The monoisotopic (exact) mass is 370 g/mol. The van der Waals surface area contributed by atoms with E-state index in [0.717, 1.165) is 22.3 Å². The summed E-state index contributed by atoms with van der Waals surface area (Å²) in [5.41, 5.74) is 3.64. The zero-order valence-electron chi connectivity index (χ0n) is 15.0. The lowest BCUT2D eigenvalue weighted by atomic mass is 10.2. The van der Waals surface area contributed by atoms with E-state index in [0.29, 0.717) is 22.8 Å². The standard InChI is InChI=1S/C22H15FN4O/c1-28-15-12-10-14(11-13-15)21-26-20-22(25-18-8-4-3-7-17(18)24-20)27(21)19-9-5-2-6-16(19)23/h2-13H,1H3. The highest BCUT2D eigenvalue weighted by Gasteiger charge is 2.19. The van der Waals surface area contributed by atoms with Crippen LogP contribution < -0.4 is 4.74 Å². The second kappa shape index (κ2) is 6.42. The lowest BCUT2D eigenvalue weighted by Gasteiger charge is -2.10. The van der Waals surface area contributed by atoms with Crippen LogP contribution in [-0.2, 0) is 0 Å². The molecule has 0 radical (unpaired) electrons. The molecule has 0 aliphatic heterocycles. The molecule has 0 unspecified atom stereocenters. The molecule has 0 spiro atoms. The summed E-state index contributed by atoms with van der Waals surface area (Å²) in [5, 5.41) is 0. The molecule has 2 heterocycles. The Balaban J connectivity index is 1.86. The van der Waals surface area contributed by atoms with Crippen molar-refractivity contribution in [3.63, 3.8) is 0 Å². The predicted octanol–water partition coefficient (Wildman–Crippen LogP) is 4.78. The van der Waals surface area contributed by atoms with Crippen LogP contribution in [0.3, 0.4) is 0 Å². The van der Waals surface area contributed by atoms with Gasteiger partial charge in [-0.2, -0.15) is 0 Å². The van der Waals surface area contributed by atoms with Crippen molar-refractivity contribution in [3.8, 4) is 22.8 Å². The van der Waals surface area contributed by atoms with Crippen molar-refractivity contribution in [1.82, 2.24) is 19.5 Å². The van der Waals surface area contributed by atoms with Gasteiger partial charge >= 0.3 is 0 Å². The zero-order chi connectivity index (χ0) is 19.1. The first-order valence-corrected chi connectivity index (χ1v) is 8.79. The van der Waals surface area contributed by atoms with Crippen LogP contribution in [-0.4, -0.2) is 26.6 Å². The number of methoxy groups -OCH3 is 1. The molecule has 0 atom stereocenters. The molecule has 0 aliphatic carbocycles. The number of para-hydroxylation sites is 3. The van der Waals surface area contributed by atoms with Crippen molar-refractivity contribution in [2.75, 3.05) is 7.11 Å². The number of halogens is 1. The van der Waals surface area contributed by atoms with Gasteiger partial charge in [0, 0.05) is 5.56 Å². The van der Waals surface area contributed by atoms with E-state index in [1.54, 1.807) is 29.9 Å². The third kappa shape index (κ3) is 2.58. The van der Waals surface area contributed by atoms with Crippen molar-refractivity contribution in [2.45, 2.75) is 0 Å². The molecule has 0 saturated carbocycles. The van der Waals surface area contributed by atoms with E-state index in [2.05, 4.69) is 9.97 Å². The molecule has 3 aromatic carbocycles. The number of imidazole rings is 1. The highest BCUT2D eigenvalue weighted by atomic mass is 19.1. The molecular formula is C22H15FN4O. The van der Waals surface area contributed by atoms with Gasteiger partial charge in [0.05, 0.1) is 23.8 Å². The molecule has 0 bridgehead atoms. The van der Waals surface area contributed by atoms with E-state index in [9.17, 15) is 4.39 Å². The van der Waals surface area contributed by atoms with Crippen LogP contribution in [0.2, 0.25) is 0 Å². The molecule has 0 saturated heterocycles. The minimum absolute atomic E-state index is 0.355. The maximum Gasteiger partial charge on any atom is 0.199 e. The quantitative estimate of drug-likeness (QED) is 0.458. The van der Waals surface area contributed by atoms with Crippen molar-refractivity contribution in [1.29, 1.82) is 0 Å². The first-order chi connectivity index (χ1) is 13.7. The number of aromatic nitrogens is 4. The van der Waals surface area contributed by atoms with Gasteiger partial charge in [0.2, 0.25) is 0 Å². The minimum atomic E-state index is -0.355. The average Bonchev–Trinajstić information content (AvgIpc) is 3.10. The van der Waals surface area contributed by atoms with Crippen LogP contribution >= 0.6 is 0 Å².